The molecular formula is C29H39N3O4S. The zero-order valence-corrected chi connectivity index (χ0v) is 23.2. The zero-order chi connectivity index (χ0) is 26.4. The molecule has 1 N–H and O–H groups in total. The van der Waals surface area contributed by atoms with Crippen molar-refractivity contribution in [2.75, 3.05) is 53.7 Å². The standard InChI is InChI=1S/C29H39N3O4S/c1-31-27(20-10-12-21(37-4)13-11-20)26(22-18-24(35-2)25(36-3)19-23(22)29(31)34)28(33)30-14-9-17-32-15-7-5-6-8-16-32/h10-13,18-19,26-27H,5-9,14-17H2,1-4H3,(H,30,33)/t26-,27-/m1/s1. The number of carbonyl (C=O) groups is 2. The van der Waals surface area contributed by atoms with Crippen molar-refractivity contribution >= 4 is 23.6 Å². The Balaban J connectivity index is 1.62. The number of hydrogen-bond acceptors (Lipinski definition) is 6. The molecule has 2 amide bonds. The molecule has 2 aromatic carbocycles. The Hall–Kier alpha value is -2.71. The fourth-order valence-corrected chi connectivity index (χ4v) is 5.94. The van der Waals surface area contributed by atoms with Crippen LogP contribution in [0.5, 0.6) is 11.5 Å². The first kappa shape index (κ1) is 27.3. The van der Waals surface area contributed by atoms with E-state index in [0.717, 1.165) is 36.5 Å². The van der Waals surface area contributed by atoms with Crippen LogP contribution in [-0.4, -0.2) is 75.3 Å². The molecule has 4 rings (SSSR count). The van der Waals surface area contributed by atoms with Crippen LogP contribution in [0.2, 0.25) is 0 Å². The predicted molar refractivity (Wildman–Crippen MR) is 148 cm³/mol. The van der Waals surface area contributed by atoms with Crippen LogP contribution in [-0.2, 0) is 4.79 Å². The highest BCUT2D eigenvalue weighted by atomic mass is 32.2. The number of ether oxygens (including phenoxy) is 2. The van der Waals surface area contributed by atoms with Crippen molar-refractivity contribution in [2.24, 2.45) is 0 Å². The van der Waals surface area contributed by atoms with Gasteiger partial charge in [0.2, 0.25) is 5.91 Å². The van der Waals surface area contributed by atoms with Crippen LogP contribution in [0.25, 0.3) is 0 Å². The molecule has 2 aromatic rings. The molecule has 0 bridgehead atoms. The number of carbonyl (C=O) groups excluding carboxylic acids is 2. The van der Waals surface area contributed by atoms with Crippen molar-refractivity contribution in [1.29, 1.82) is 0 Å². The lowest BCUT2D eigenvalue weighted by atomic mass is 9.79. The largest absolute Gasteiger partial charge is 0.493 e. The SMILES string of the molecule is COc1cc2c(cc1OC)[C@@H](C(=O)NCCCN1CCCCCC1)[C@@H](c1ccc(SC)cc1)N(C)C2=O. The number of benzene rings is 2. The average Bonchev–Trinajstić information content (AvgIpc) is 3.21. The van der Waals surface area contributed by atoms with Gasteiger partial charge in [-0.05, 0) is 80.5 Å². The highest BCUT2D eigenvalue weighted by molar-refractivity contribution is 7.98. The van der Waals surface area contributed by atoms with Crippen LogP contribution >= 0.6 is 11.8 Å². The number of rotatable bonds is 9. The molecule has 0 aromatic heterocycles. The van der Waals surface area contributed by atoms with E-state index in [2.05, 4.69) is 10.2 Å². The van der Waals surface area contributed by atoms with E-state index < -0.39 is 12.0 Å². The Morgan fingerprint density at radius 3 is 2.30 bits per heavy atom. The number of nitrogens with zero attached hydrogens (tertiary/aromatic N) is 2. The zero-order valence-electron chi connectivity index (χ0n) is 22.4. The number of likely N-dealkylation sites (N-methyl/N-ethyl adjacent to an activating group) is 1. The van der Waals surface area contributed by atoms with Crippen LogP contribution in [0.4, 0.5) is 0 Å². The molecule has 1 saturated heterocycles. The topological polar surface area (TPSA) is 71.1 Å². The number of likely N-dealkylation sites (tertiary alicyclic amines) is 1. The number of fused-ring (bicyclic) bond motifs is 1. The smallest absolute Gasteiger partial charge is 0.254 e. The van der Waals surface area contributed by atoms with E-state index in [0.29, 0.717) is 29.2 Å². The van der Waals surface area contributed by atoms with Gasteiger partial charge in [0.15, 0.2) is 11.5 Å². The molecule has 0 spiro atoms. The summed E-state index contributed by atoms with van der Waals surface area (Å²) in [7, 11) is 4.89. The second-order valence-corrected chi connectivity index (χ2v) is 10.7. The molecular weight excluding hydrogens is 486 g/mol. The van der Waals surface area contributed by atoms with Gasteiger partial charge >= 0.3 is 0 Å². The first-order valence-electron chi connectivity index (χ1n) is 13.2. The summed E-state index contributed by atoms with van der Waals surface area (Å²) in [6.07, 6.45) is 8.08. The van der Waals surface area contributed by atoms with Crippen molar-refractivity contribution in [3.63, 3.8) is 0 Å². The lowest BCUT2D eigenvalue weighted by Crippen LogP contribution is -2.46. The molecule has 0 saturated carbocycles. The van der Waals surface area contributed by atoms with Crippen molar-refractivity contribution in [3.05, 3.63) is 53.1 Å². The van der Waals surface area contributed by atoms with Gasteiger partial charge in [-0.1, -0.05) is 25.0 Å². The first-order chi connectivity index (χ1) is 18.0. The second kappa shape index (κ2) is 12.7. The van der Waals surface area contributed by atoms with Gasteiger partial charge in [0.05, 0.1) is 26.2 Å². The van der Waals surface area contributed by atoms with E-state index in [1.807, 2.05) is 30.5 Å². The van der Waals surface area contributed by atoms with Crippen LogP contribution in [0.1, 0.15) is 65.5 Å². The number of nitrogens with one attached hydrogen (secondary N) is 1. The van der Waals surface area contributed by atoms with E-state index in [1.54, 1.807) is 50.1 Å². The van der Waals surface area contributed by atoms with E-state index in [1.165, 1.54) is 25.7 Å². The summed E-state index contributed by atoms with van der Waals surface area (Å²) in [4.78, 5) is 32.7. The molecule has 0 aliphatic carbocycles. The van der Waals surface area contributed by atoms with Crippen LogP contribution in [0.15, 0.2) is 41.3 Å². The van der Waals surface area contributed by atoms with Gasteiger partial charge in [-0.3, -0.25) is 9.59 Å². The minimum atomic E-state index is -0.573. The van der Waals surface area contributed by atoms with Gasteiger partial charge in [0.1, 0.15) is 0 Å². The Labute approximate surface area is 224 Å². The number of hydrogen-bond donors (Lipinski definition) is 1. The normalized spacial score (nSPS) is 20.2. The molecule has 8 heteroatoms. The molecule has 0 radical (unpaired) electrons. The number of amides is 2. The Morgan fingerprint density at radius 2 is 1.68 bits per heavy atom. The van der Waals surface area contributed by atoms with Gasteiger partial charge < -0.3 is 24.6 Å². The molecule has 200 valence electrons. The summed E-state index contributed by atoms with van der Waals surface area (Å²) >= 11 is 1.66. The number of thioether (sulfide) groups is 1. The summed E-state index contributed by atoms with van der Waals surface area (Å²) in [5.41, 5.74) is 2.07. The van der Waals surface area contributed by atoms with Crippen LogP contribution in [0, 0.1) is 0 Å². The van der Waals surface area contributed by atoms with Crippen molar-refractivity contribution in [1.82, 2.24) is 15.1 Å². The van der Waals surface area contributed by atoms with Crippen LogP contribution in [0.3, 0.4) is 0 Å². The molecule has 0 unspecified atom stereocenters. The van der Waals surface area contributed by atoms with Gasteiger partial charge in [-0.2, -0.15) is 0 Å². The third-order valence-electron chi connectivity index (χ3n) is 7.56. The van der Waals surface area contributed by atoms with Gasteiger partial charge in [0.25, 0.3) is 5.91 Å². The quantitative estimate of drug-likeness (QED) is 0.377. The highest BCUT2D eigenvalue weighted by Gasteiger charge is 2.43. The molecule has 37 heavy (non-hydrogen) atoms. The Kier molecular flexibility index (Phi) is 9.38. The third kappa shape index (κ3) is 6.07. The van der Waals surface area contributed by atoms with Crippen molar-refractivity contribution < 1.29 is 19.1 Å². The van der Waals surface area contributed by atoms with Crippen molar-refractivity contribution in [2.45, 2.75) is 49.0 Å². The van der Waals surface area contributed by atoms with Gasteiger partial charge in [-0.25, -0.2) is 0 Å². The third-order valence-corrected chi connectivity index (χ3v) is 8.31. The lowest BCUT2D eigenvalue weighted by molar-refractivity contribution is -0.124. The Bertz CT molecular complexity index is 1080. The summed E-state index contributed by atoms with van der Waals surface area (Å²) in [5.74, 6) is 0.190. The summed E-state index contributed by atoms with van der Waals surface area (Å²) in [6, 6.07) is 11.2. The highest BCUT2D eigenvalue weighted by Crippen LogP contribution is 2.45. The van der Waals surface area contributed by atoms with Crippen LogP contribution < -0.4 is 14.8 Å². The minimum Gasteiger partial charge on any atom is -0.493 e. The van der Waals surface area contributed by atoms with Gasteiger partial charge in [-0.15, -0.1) is 11.8 Å². The maximum absolute atomic E-state index is 13.8. The minimum absolute atomic E-state index is 0.0809. The second-order valence-electron chi connectivity index (χ2n) is 9.81. The molecule has 2 aliphatic heterocycles. The van der Waals surface area contributed by atoms with E-state index in [4.69, 9.17) is 9.47 Å². The average molecular weight is 526 g/mol. The lowest BCUT2D eigenvalue weighted by Gasteiger charge is -2.40. The molecule has 2 heterocycles. The molecule has 1 fully saturated rings. The van der Waals surface area contributed by atoms with Gasteiger partial charge in [0, 0.05) is 24.1 Å². The monoisotopic (exact) mass is 525 g/mol. The molecule has 7 nitrogen and oxygen atoms in total. The number of methoxy groups -OCH3 is 2. The van der Waals surface area contributed by atoms with E-state index in [-0.39, 0.29) is 11.8 Å². The summed E-state index contributed by atoms with van der Waals surface area (Å²) < 4.78 is 11.0. The summed E-state index contributed by atoms with van der Waals surface area (Å²) in [5, 5.41) is 3.19. The van der Waals surface area contributed by atoms with Crippen molar-refractivity contribution in [3.8, 4) is 11.5 Å². The predicted octanol–water partition coefficient (Wildman–Crippen LogP) is 4.72. The Morgan fingerprint density at radius 1 is 1.03 bits per heavy atom. The maximum Gasteiger partial charge on any atom is 0.254 e. The molecule has 2 aliphatic rings. The van der Waals surface area contributed by atoms with E-state index in [9.17, 15) is 9.59 Å². The van der Waals surface area contributed by atoms with E-state index >= 15 is 0 Å². The summed E-state index contributed by atoms with van der Waals surface area (Å²) in [6.45, 7) is 3.88. The fourth-order valence-electron chi connectivity index (χ4n) is 5.53. The molecule has 2 atom stereocenters. The fraction of sp³-hybridized carbons (Fsp3) is 0.517. The first-order valence-corrected chi connectivity index (χ1v) is 14.4. The maximum atomic E-state index is 13.8.